The van der Waals surface area contributed by atoms with Crippen LogP contribution in [0, 0.1) is 6.92 Å². The molecule has 0 aliphatic carbocycles. The maximum atomic E-state index is 12.5. The molecule has 0 fully saturated rings. The van der Waals surface area contributed by atoms with Crippen molar-refractivity contribution in [3.8, 4) is 11.4 Å². The second-order valence-electron chi connectivity index (χ2n) is 7.01. The number of nitrogens with zero attached hydrogens (tertiary/aromatic N) is 2. The molecule has 148 valence electrons. The standard InChI is InChI=1S/C25H22N4O/c1-18-10-12-20(13-11-18)24-26-15-14-23(29-24)28-22-9-5-8-21(16-22)25(30)27-17-19-6-3-2-4-7-19/h2-16H,17H2,1H3,(H,27,30)(H,26,28,29). The molecule has 5 nitrogen and oxygen atoms in total. The number of carbonyl (C=O) groups excluding carboxylic acids is 1. The molecule has 0 aliphatic rings. The van der Waals surface area contributed by atoms with E-state index in [-0.39, 0.29) is 5.91 Å². The third-order valence-electron chi connectivity index (χ3n) is 4.66. The molecule has 1 aromatic heterocycles. The lowest BCUT2D eigenvalue weighted by atomic mass is 10.1. The van der Waals surface area contributed by atoms with Gasteiger partial charge in [0, 0.05) is 29.6 Å². The van der Waals surface area contributed by atoms with Crippen molar-refractivity contribution in [2.75, 3.05) is 5.32 Å². The first-order valence-electron chi connectivity index (χ1n) is 9.77. The van der Waals surface area contributed by atoms with E-state index in [1.807, 2.05) is 79.7 Å². The largest absolute Gasteiger partial charge is 0.348 e. The molecule has 4 aromatic rings. The summed E-state index contributed by atoms with van der Waals surface area (Å²) in [6.07, 6.45) is 1.72. The minimum Gasteiger partial charge on any atom is -0.348 e. The van der Waals surface area contributed by atoms with E-state index in [1.165, 1.54) is 5.56 Å². The molecule has 5 heteroatoms. The number of rotatable bonds is 6. The number of benzene rings is 3. The van der Waals surface area contributed by atoms with Gasteiger partial charge in [0.05, 0.1) is 0 Å². The van der Waals surface area contributed by atoms with Gasteiger partial charge >= 0.3 is 0 Å². The van der Waals surface area contributed by atoms with E-state index in [0.717, 1.165) is 16.8 Å². The Morgan fingerprint density at radius 3 is 2.50 bits per heavy atom. The number of carbonyl (C=O) groups is 1. The fourth-order valence-corrected chi connectivity index (χ4v) is 3.04. The zero-order valence-corrected chi connectivity index (χ0v) is 16.7. The summed E-state index contributed by atoms with van der Waals surface area (Å²) in [7, 11) is 0. The summed E-state index contributed by atoms with van der Waals surface area (Å²) in [4.78, 5) is 21.5. The molecular weight excluding hydrogens is 372 g/mol. The Morgan fingerprint density at radius 2 is 1.70 bits per heavy atom. The van der Waals surface area contributed by atoms with Crippen molar-refractivity contribution in [2.45, 2.75) is 13.5 Å². The summed E-state index contributed by atoms with van der Waals surface area (Å²) < 4.78 is 0. The van der Waals surface area contributed by atoms with E-state index in [1.54, 1.807) is 18.3 Å². The zero-order valence-electron chi connectivity index (χ0n) is 16.7. The molecule has 1 heterocycles. The van der Waals surface area contributed by atoms with Crippen LogP contribution in [0.1, 0.15) is 21.5 Å². The molecule has 0 radical (unpaired) electrons. The number of hydrogen-bond acceptors (Lipinski definition) is 4. The van der Waals surface area contributed by atoms with Gasteiger partial charge in [-0.25, -0.2) is 9.97 Å². The van der Waals surface area contributed by atoms with Crippen molar-refractivity contribution in [1.29, 1.82) is 0 Å². The molecule has 30 heavy (non-hydrogen) atoms. The van der Waals surface area contributed by atoms with E-state index in [4.69, 9.17) is 0 Å². The lowest BCUT2D eigenvalue weighted by molar-refractivity contribution is 0.0951. The quantitative estimate of drug-likeness (QED) is 0.476. The molecular formula is C25H22N4O. The van der Waals surface area contributed by atoms with Gasteiger partial charge in [0.1, 0.15) is 5.82 Å². The number of nitrogens with one attached hydrogen (secondary N) is 2. The molecule has 0 saturated heterocycles. The Hall–Kier alpha value is -3.99. The topological polar surface area (TPSA) is 66.9 Å². The Bertz CT molecular complexity index is 1140. The van der Waals surface area contributed by atoms with E-state index < -0.39 is 0 Å². The first-order valence-corrected chi connectivity index (χ1v) is 9.77. The number of aryl methyl sites for hydroxylation is 1. The molecule has 0 bridgehead atoms. The van der Waals surface area contributed by atoms with Crippen LogP contribution in [0.25, 0.3) is 11.4 Å². The van der Waals surface area contributed by atoms with Gasteiger partial charge in [-0.05, 0) is 36.8 Å². The van der Waals surface area contributed by atoms with Crippen molar-refractivity contribution in [3.63, 3.8) is 0 Å². The molecule has 4 rings (SSSR count). The van der Waals surface area contributed by atoms with Gasteiger partial charge in [0.25, 0.3) is 5.91 Å². The lowest BCUT2D eigenvalue weighted by Crippen LogP contribution is -2.22. The molecule has 1 amide bonds. The normalized spacial score (nSPS) is 10.4. The smallest absolute Gasteiger partial charge is 0.251 e. The highest BCUT2D eigenvalue weighted by atomic mass is 16.1. The minimum atomic E-state index is -0.120. The van der Waals surface area contributed by atoms with Crippen LogP contribution < -0.4 is 10.6 Å². The third kappa shape index (κ3) is 4.89. The van der Waals surface area contributed by atoms with Crippen LogP contribution in [0.2, 0.25) is 0 Å². The molecule has 0 spiro atoms. The molecule has 3 aromatic carbocycles. The van der Waals surface area contributed by atoms with Crippen molar-refractivity contribution < 1.29 is 4.79 Å². The summed E-state index contributed by atoms with van der Waals surface area (Å²) in [5, 5.41) is 6.21. The predicted molar refractivity (Wildman–Crippen MR) is 120 cm³/mol. The number of hydrogen-bond donors (Lipinski definition) is 2. The summed E-state index contributed by atoms with van der Waals surface area (Å²) >= 11 is 0. The van der Waals surface area contributed by atoms with Gasteiger partial charge in [-0.1, -0.05) is 66.2 Å². The SMILES string of the molecule is Cc1ccc(-c2nccc(Nc3cccc(C(=O)NCc4ccccc4)c3)n2)cc1. The van der Waals surface area contributed by atoms with Crippen LogP contribution in [-0.4, -0.2) is 15.9 Å². The van der Waals surface area contributed by atoms with Crippen LogP contribution in [0.3, 0.4) is 0 Å². The molecule has 2 N–H and O–H groups in total. The van der Waals surface area contributed by atoms with E-state index in [9.17, 15) is 4.79 Å². The van der Waals surface area contributed by atoms with Crippen molar-refractivity contribution in [3.05, 3.63) is 108 Å². The van der Waals surface area contributed by atoms with Crippen LogP contribution in [0.15, 0.2) is 91.1 Å². The second-order valence-corrected chi connectivity index (χ2v) is 7.01. The first kappa shape index (κ1) is 19.3. The summed E-state index contributed by atoms with van der Waals surface area (Å²) in [5.74, 6) is 1.20. The monoisotopic (exact) mass is 394 g/mol. The van der Waals surface area contributed by atoms with Crippen LogP contribution in [-0.2, 0) is 6.54 Å². The third-order valence-corrected chi connectivity index (χ3v) is 4.66. The highest BCUT2D eigenvalue weighted by Gasteiger charge is 2.08. The van der Waals surface area contributed by atoms with Gasteiger partial charge in [0.15, 0.2) is 5.82 Å². The fourth-order valence-electron chi connectivity index (χ4n) is 3.04. The summed E-state index contributed by atoms with van der Waals surface area (Å²) in [6.45, 7) is 2.54. The number of amides is 1. The van der Waals surface area contributed by atoms with Gasteiger partial charge in [-0.15, -0.1) is 0 Å². The fraction of sp³-hybridized carbons (Fsp3) is 0.0800. The molecule has 0 atom stereocenters. The second kappa shape index (κ2) is 9.01. The highest BCUT2D eigenvalue weighted by molar-refractivity contribution is 5.95. The maximum Gasteiger partial charge on any atom is 0.251 e. The number of aromatic nitrogens is 2. The van der Waals surface area contributed by atoms with E-state index >= 15 is 0 Å². The summed E-state index contributed by atoms with van der Waals surface area (Å²) in [6, 6.07) is 27.1. The van der Waals surface area contributed by atoms with Gasteiger partial charge in [-0.3, -0.25) is 4.79 Å². The predicted octanol–water partition coefficient (Wildman–Crippen LogP) is 5.13. The lowest BCUT2D eigenvalue weighted by Gasteiger charge is -2.10. The molecule has 0 saturated carbocycles. The Labute approximate surface area is 175 Å². The molecule has 0 unspecified atom stereocenters. The molecule has 0 aliphatic heterocycles. The van der Waals surface area contributed by atoms with Crippen molar-refractivity contribution in [1.82, 2.24) is 15.3 Å². The van der Waals surface area contributed by atoms with Gasteiger partial charge in [0.2, 0.25) is 0 Å². The van der Waals surface area contributed by atoms with Crippen LogP contribution in [0.4, 0.5) is 11.5 Å². The highest BCUT2D eigenvalue weighted by Crippen LogP contribution is 2.20. The van der Waals surface area contributed by atoms with Crippen LogP contribution >= 0.6 is 0 Å². The Balaban J connectivity index is 1.46. The van der Waals surface area contributed by atoms with Crippen molar-refractivity contribution >= 4 is 17.4 Å². The minimum absolute atomic E-state index is 0.120. The summed E-state index contributed by atoms with van der Waals surface area (Å²) in [5.41, 5.74) is 4.58. The van der Waals surface area contributed by atoms with E-state index in [0.29, 0.717) is 23.8 Å². The number of anilines is 2. The average Bonchev–Trinajstić information content (AvgIpc) is 2.79. The maximum absolute atomic E-state index is 12.5. The van der Waals surface area contributed by atoms with Gasteiger partial charge < -0.3 is 10.6 Å². The van der Waals surface area contributed by atoms with Crippen LogP contribution in [0.5, 0.6) is 0 Å². The first-order chi connectivity index (χ1) is 14.7. The van der Waals surface area contributed by atoms with Gasteiger partial charge in [-0.2, -0.15) is 0 Å². The van der Waals surface area contributed by atoms with Crippen molar-refractivity contribution in [2.24, 2.45) is 0 Å². The zero-order chi connectivity index (χ0) is 20.8. The Morgan fingerprint density at radius 1 is 0.900 bits per heavy atom. The van der Waals surface area contributed by atoms with E-state index in [2.05, 4.69) is 20.6 Å². The average molecular weight is 394 g/mol. The Kier molecular flexibility index (Phi) is 5.80.